The Morgan fingerprint density at radius 3 is 2.11 bits per heavy atom. The second-order valence-corrected chi connectivity index (χ2v) is 21.3. The van der Waals surface area contributed by atoms with Crippen molar-refractivity contribution in [3.8, 4) is 5.75 Å². The van der Waals surface area contributed by atoms with Gasteiger partial charge in [0.05, 0.1) is 24.9 Å². The van der Waals surface area contributed by atoms with E-state index in [1.54, 1.807) is 24.3 Å². The van der Waals surface area contributed by atoms with Crippen molar-refractivity contribution in [1.29, 1.82) is 0 Å². The molecule has 12 heteroatoms. The molecular weight excluding hydrogens is 764 g/mol. The summed E-state index contributed by atoms with van der Waals surface area (Å²) in [5, 5.41) is 2.11. The van der Waals surface area contributed by atoms with E-state index in [0.717, 1.165) is 55.2 Å². The van der Waals surface area contributed by atoms with Crippen LogP contribution in [0.3, 0.4) is 0 Å². The van der Waals surface area contributed by atoms with Gasteiger partial charge in [-0.2, -0.15) is 13.2 Å². The van der Waals surface area contributed by atoms with E-state index in [1.165, 1.54) is 22.1 Å². The number of morpholine rings is 1. The number of rotatable bonds is 13. The molecule has 2 atom stereocenters. The molecule has 0 N–H and O–H groups in total. The Hall–Kier alpha value is -3.65. The summed E-state index contributed by atoms with van der Waals surface area (Å²) in [6, 6.07) is 30.8. The number of hydrogen-bond donors (Lipinski definition) is 0. The predicted octanol–water partition coefficient (Wildman–Crippen LogP) is 7.39. The maximum Gasteiger partial charge on any atom is 0.416 e. The molecule has 2 heterocycles. The Bertz CT molecular complexity index is 1900. The number of benzene rings is 4. The summed E-state index contributed by atoms with van der Waals surface area (Å²) in [6.07, 6.45) is -2.29. The SMILES string of the molecule is COC[C@@H]1CN(CCN2CCN(C(=O)c3cc(SC)cc(C(F)(F)F)c3)[C@H](Cc3ccc(C)c(O[Si](c4ccccc4)(c4ccccc4)C(C)(C)C)c3)C2)CCO1. The minimum atomic E-state index is -4.57. The molecule has 2 aliphatic rings. The van der Waals surface area contributed by atoms with Crippen molar-refractivity contribution in [2.45, 2.75) is 62.4 Å². The Morgan fingerprint density at radius 1 is 0.860 bits per heavy atom. The van der Waals surface area contributed by atoms with Gasteiger partial charge in [0.1, 0.15) is 5.75 Å². The van der Waals surface area contributed by atoms with Crippen LogP contribution >= 0.6 is 11.8 Å². The molecule has 2 saturated heterocycles. The fourth-order valence-corrected chi connectivity index (χ4v) is 13.2. The van der Waals surface area contributed by atoms with E-state index >= 15 is 0 Å². The molecule has 57 heavy (non-hydrogen) atoms. The third kappa shape index (κ3) is 10.1. The Kier molecular flexibility index (Phi) is 13.9. The third-order valence-corrected chi connectivity index (χ3v) is 16.9. The van der Waals surface area contributed by atoms with Crippen LogP contribution in [0, 0.1) is 6.92 Å². The fourth-order valence-electron chi connectivity index (χ4n) is 8.26. The zero-order chi connectivity index (χ0) is 40.8. The van der Waals surface area contributed by atoms with Crippen LogP contribution in [0.2, 0.25) is 5.04 Å². The lowest BCUT2D eigenvalue weighted by atomic mass is 9.99. The molecule has 4 aromatic carbocycles. The fraction of sp³-hybridized carbons (Fsp3) is 0.444. The zero-order valence-corrected chi connectivity index (χ0v) is 35.8. The van der Waals surface area contributed by atoms with Gasteiger partial charge in [0.15, 0.2) is 0 Å². The summed E-state index contributed by atoms with van der Waals surface area (Å²) in [6.45, 7) is 14.9. The van der Waals surface area contributed by atoms with Gasteiger partial charge < -0.3 is 18.8 Å². The molecule has 2 fully saturated rings. The number of methoxy groups -OCH3 is 1. The lowest BCUT2D eigenvalue weighted by Crippen LogP contribution is -2.68. The van der Waals surface area contributed by atoms with Crippen molar-refractivity contribution in [3.63, 3.8) is 0 Å². The monoisotopic (exact) mass is 819 g/mol. The summed E-state index contributed by atoms with van der Waals surface area (Å²) in [5.41, 5.74) is 1.26. The number of amides is 1. The average Bonchev–Trinajstić information content (AvgIpc) is 3.20. The van der Waals surface area contributed by atoms with Crippen LogP contribution < -0.4 is 14.8 Å². The Labute approximate surface area is 341 Å². The molecule has 0 aromatic heterocycles. The summed E-state index contributed by atoms with van der Waals surface area (Å²) in [4.78, 5) is 21.3. The normalized spacial score (nSPS) is 18.8. The first-order valence-corrected chi connectivity index (χ1v) is 22.9. The first-order valence-electron chi connectivity index (χ1n) is 19.7. The van der Waals surface area contributed by atoms with E-state index in [4.69, 9.17) is 13.9 Å². The Balaban J connectivity index is 1.32. The van der Waals surface area contributed by atoms with Crippen molar-refractivity contribution >= 4 is 36.4 Å². The van der Waals surface area contributed by atoms with E-state index in [2.05, 4.69) is 104 Å². The van der Waals surface area contributed by atoms with Gasteiger partial charge in [-0.25, -0.2) is 0 Å². The molecule has 306 valence electrons. The molecule has 1 amide bonds. The summed E-state index contributed by atoms with van der Waals surface area (Å²) in [7, 11) is -1.26. The van der Waals surface area contributed by atoms with Crippen molar-refractivity contribution in [2.75, 3.05) is 72.4 Å². The van der Waals surface area contributed by atoms with Crippen LogP contribution in [0.4, 0.5) is 13.2 Å². The highest BCUT2D eigenvalue weighted by molar-refractivity contribution is 7.98. The molecule has 7 nitrogen and oxygen atoms in total. The van der Waals surface area contributed by atoms with Crippen LogP contribution in [0.25, 0.3) is 0 Å². The topological polar surface area (TPSA) is 54.5 Å². The standard InChI is InChI=1S/C45H56F3N3O4SSi/c1-33-17-18-34(26-42(33)55-57(44(2,3)4,40-13-9-7-10-14-40)41-15-11-8-12-16-41)25-37-30-49(19-20-50-23-24-54-38(31-50)32-53-5)21-22-51(37)43(52)35-27-36(45(46,47)48)29-39(28-35)56-6/h7-18,26-29,37-38H,19-25,30-32H2,1-6H3/t37-,38+/m1/s1. The largest absolute Gasteiger partial charge is 0.534 e. The van der Waals surface area contributed by atoms with Gasteiger partial charge in [0.2, 0.25) is 0 Å². The van der Waals surface area contributed by atoms with Crippen LogP contribution in [-0.4, -0.2) is 113 Å². The number of carbonyl (C=O) groups excluding carboxylic acids is 1. The summed E-state index contributed by atoms with van der Waals surface area (Å²) in [5.74, 6) is 0.417. The summed E-state index contributed by atoms with van der Waals surface area (Å²) >= 11 is 1.20. The van der Waals surface area contributed by atoms with Crippen LogP contribution in [0.5, 0.6) is 5.75 Å². The predicted molar refractivity (Wildman–Crippen MR) is 226 cm³/mol. The molecule has 0 aliphatic carbocycles. The number of hydrogen-bond acceptors (Lipinski definition) is 7. The number of aryl methyl sites for hydroxylation is 1. The van der Waals surface area contributed by atoms with E-state index in [9.17, 15) is 18.0 Å². The molecular formula is C45H56F3N3O4SSi. The minimum absolute atomic E-state index is 0.0337. The second-order valence-electron chi connectivity index (χ2n) is 16.2. The molecule has 0 radical (unpaired) electrons. The van der Waals surface area contributed by atoms with E-state index in [0.29, 0.717) is 44.2 Å². The number of ether oxygens (including phenoxy) is 2. The average molecular weight is 820 g/mol. The highest BCUT2D eigenvalue weighted by Gasteiger charge is 2.52. The number of thioether (sulfide) groups is 1. The smallest absolute Gasteiger partial charge is 0.416 e. The molecule has 0 spiro atoms. The molecule has 4 aromatic rings. The molecule has 0 saturated carbocycles. The molecule has 6 rings (SSSR count). The van der Waals surface area contributed by atoms with Gasteiger partial charge >= 0.3 is 14.5 Å². The maximum absolute atomic E-state index is 14.4. The van der Waals surface area contributed by atoms with Gasteiger partial charge in [0, 0.05) is 69.4 Å². The van der Waals surface area contributed by atoms with E-state index < -0.39 is 20.1 Å². The number of halogens is 3. The molecule has 0 bridgehead atoms. The van der Waals surface area contributed by atoms with E-state index in [-0.39, 0.29) is 28.7 Å². The van der Waals surface area contributed by atoms with Crippen molar-refractivity contribution in [3.05, 3.63) is 119 Å². The van der Waals surface area contributed by atoms with E-state index in [1.807, 2.05) is 12.1 Å². The van der Waals surface area contributed by atoms with Gasteiger partial charge in [-0.15, -0.1) is 11.8 Å². The number of carbonyl (C=O) groups is 1. The van der Waals surface area contributed by atoms with Gasteiger partial charge in [-0.1, -0.05) is 93.6 Å². The van der Waals surface area contributed by atoms with Gasteiger partial charge in [0.25, 0.3) is 5.91 Å². The first kappa shape index (κ1) is 42.9. The second kappa shape index (κ2) is 18.5. The molecule has 2 aliphatic heterocycles. The third-order valence-electron chi connectivity index (χ3n) is 11.3. The van der Waals surface area contributed by atoms with Crippen LogP contribution in [0.15, 0.2) is 102 Å². The number of alkyl halides is 3. The highest BCUT2D eigenvalue weighted by atomic mass is 32.2. The lowest BCUT2D eigenvalue weighted by Gasteiger charge is -2.44. The van der Waals surface area contributed by atoms with Gasteiger partial charge in [-0.05, 0) is 70.4 Å². The first-order chi connectivity index (χ1) is 27.2. The van der Waals surface area contributed by atoms with Crippen molar-refractivity contribution < 1.29 is 31.9 Å². The maximum atomic E-state index is 14.4. The lowest BCUT2D eigenvalue weighted by molar-refractivity contribution is -0.137. The minimum Gasteiger partial charge on any atom is -0.534 e. The van der Waals surface area contributed by atoms with Crippen LogP contribution in [-0.2, 0) is 22.1 Å². The summed E-state index contributed by atoms with van der Waals surface area (Å²) < 4.78 is 60.7. The Morgan fingerprint density at radius 2 is 1.51 bits per heavy atom. The number of nitrogens with zero attached hydrogens (tertiary/aromatic N) is 3. The van der Waals surface area contributed by atoms with Crippen molar-refractivity contribution in [2.24, 2.45) is 0 Å². The number of piperazine rings is 1. The zero-order valence-electron chi connectivity index (χ0n) is 34.0. The van der Waals surface area contributed by atoms with Crippen LogP contribution in [0.1, 0.15) is 47.8 Å². The van der Waals surface area contributed by atoms with Gasteiger partial charge in [-0.3, -0.25) is 14.6 Å². The highest BCUT2D eigenvalue weighted by Crippen LogP contribution is 2.39. The quantitative estimate of drug-likeness (QED) is 0.103. The molecule has 0 unspecified atom stereocenters. The van der Waals surface area contributed by atoms with Crippen molar-refractivity contribution in [1.82, 2.24) is 14.7 Å².